The standard InChI is InChI=1S/C12H21N5O2/c1-3-18-12-10(13)11(15-8-16-12)14-6-9-7-17(2)4-5-19-9/h8-9H,3-7,13H2,1-2H3,(H,14,15,16). The molecule has 106 valence electrons. The van der Waals surface area contributed by atoms with Crippen molar-refractivity contribution in [2.24, 2.45) is 0 Å². The van der Waals surface area contributed by atoms with E-state index in [0.717, 1.165) is 19.7 Å². The zero-order chi connectivity index (χ0) is 13.7. The molecule has 3 N–H and O–H groups in total. The molecule has 19 heavy (non-hydrogen) atoms. The lowest BCUT2D eigenvalue weighted by Crippen LogP contribution is -2.43. The van der Waals surface area contributed by atoms with Crippen LogP contribution in [0, 0.1) is 0 Å². The molecule has 0 bridgehead atoms. The SMILES string of the molecule is CCOc1ncnc(NCC2CN(C)CCO2)c1N. The van der Waals surface area contributed by atoms with Gasteiger partial charge >= 0.3 is 0 Å². The molecule has 2 rings (SSSR count). The van der Waals surface area contributed by atoms with Crippen LogP contribution in [0.1, 0.15) is 6.92 Å². The Kier molecular flexibility index (Phi) is 4.75. The molecular weight excluding hydrogens is 246 g/mol. The maximum absolute atomic E-state index is 5.95. The first kappa shape index (κ1) is 13.8. The van der Waals surface area contributed by atoms with Crippen molar-refractivity contribution < 1.29 is 9.47 Å². The fraction of sp³-hybridized carbons (Fsp3) is 0.667. The molecule has 0 radical (unpaired) electrons. The van der Waals surface area contributed by atoms with Crippen LogP contribution in [0.25, 0.3) is 0 Å². The number of likely N-dealkylation sites (N-methyl/N-ethyl adjacent to an activating group) is 1. The Bertz CT molecular complexity index is 415. The summed E-state index contributed by atoms with van der Waals surface area (Å²) in [5, 5.41) is 3.19. The third-order valence-corrected chi connectivity index (χ3v) is 2.97. The number of anilines is 2. The molecule has 1 aliphatic heterocycles. The number of aromatic nitrogens is 2. The monoisotopic (exact) mass is 267 g/mol. The first-order valence-corrected chi connectivity index (χ1v) is 6.48. The normalized spacial score (nSPS) is 20.2. The van der Waals surface area contributed by atoms with E-state index in [2.05, 4.69) is 27.2 Å². The summed E-state index contributed by atoms with van der Waals surface area (Å²) >= 11 is 0. The second kappa shape index (κ2) is 6.53. The minimum absolute atomic E-state index is 0.142. The van der Waals surface area contributed by atoms with Crippen molar-refractivity contribution in [1.29, 1.82) is 0 Å². The van der Waals surface area contributed by atoms with Gasteiger partial charge in [-0.3, -0.25) is 0 Å². The topological polar surface area (TPSA) is 85.5 Å². The summed E-state index contributed by atoms with van der Waals surface area (Å²) in [6.07, 6.45) is 1.58. The van der Waals surface area contributed by atoms with Gasteiger partial charge in [-0.15, -0.1) is 0 Å². The van der Waals surface area contributed by atoms with E-state index < -0.39 is 0 Å². The molecule has 0 saturated carbocycles. The van der Waals surface area contributed by atoms with Gasteiger partial charge in [0.05, 0.1) is 19.3 Å². The predicted molar refractivity (Wildman–Crippen MR) is 73.3 cm³/mol. The van der Waals surface area contributed by atoms with Crippen LogP contribution < -0.4 is 15.8 Å². The Labute approximate surface area is 113 Å². The van der Waals surface area contributed by atoms with Crippen molar-refractivity contribution in [1.82, 2.24) is 14.9 Å². The maximum Gasteiger partial charge on any atom is 0.242 e. The molecule has 2 heterocycles. The maximum atomic E-state index is 5.95. The molecule has 0 amide bonds. The van der Waals surface area contributed by atoms with E-state index in [4.69, 9.17) is 15.2 Å². The lowest BCUT2D eigenvalue weighted by molar-refractivity contribution is -0.0117. The highest BCUT2D eigenvalue weighted by atomic mass is 16.5. The zero-order valence-electron chi connectivity index (χ0n) is 11.4. The number of hydrogen-bond donors (Lipinski definition) is 2. The molecule has 1 aromatic rings. The smallest absolute Gasteiger partial charge is 0.242 e. The number of nitrogens with zero attached hydrogens (tertiary/aromatic N) is 3. The number of ether oxygens (including phenoxy) is 2. The Morgan fingerprint density at radius 1 is 1.58 bits per heavy atom. The van der Waals surface area contributed by atoms with Gasteiger partial charge in [-0.2, -0.15) is 4.98 Å². The number of nitrogen functional groups attached to an aromatic ring is 1. The highest BCUT2D eigenvalue weighted by Gasteiger charge is 2.18. The van der Waals surface area contributed by atoms with Gasteiger partial charge in [0.25, 0.3) is 0 Å². The van der Waals surface area contributed by atoms with Gasteiger partial charge in [-0.1, -0.05) is 0 Å². The van der Waals surface area contributed by atoms with E-state index in [0.29, 0.717) is 30.5 Å². The van der Waals surface area contributed by atoms with Crippen LogP contribution in [-0.4, -0.2) is 60.9 Å². The molecule has 1 fully saturated rings. The molecule has 0 spiro atoms. The minimum atomic E-state index is 0.142. The number of morpholine rings is 1. The number of nitrogens with one attached hydrogen (secondary N) is 1. The van der Waals surface area contributed by atoms with Crippen LogP contribution in [0.5, 0.6) is 5.88 Å². The highest BCUT2D eigenvalue weighted by molar-refractivity contribution is 5.66. The zero-order valence-corrected chi connectivity index (χ0v) is 11.4. The minimum Gasteiger partial charge on any atom is -0.476 e. The Hall–Kier alpha value is -1.60. The molecule has 0 aromatic carbocycles. The molecule has 1 unspecified atom stereocenters. The van der Waals surface area contributed by atoms with Gasteiger partial charge in [0.15, 0.2) is 5.82 Å². The van der Waals surface area contributed by atoms with Gasteiger partial charge in [0, 0.05) is 19.6 Å². The Balaban J connectivity index is 1.93. The average molecular weight is 267 g/mol. The van der Waals surface area contributed by atoms with Crippen molar-refractivity contribution in [3.05, 3.63) is 6.33 Å². The van der Waals surface area contributed by atoms with Crippen molar-refractivity contribution in [3.8, 4) is 5.88 Å². The van der Waals surface area contributed by atoms with E-state index in [9.17, 15) is 0 Å². The van der Waals surface area contributed by atoms with Gasteiger partial charge < -0.3 is 25.4 Å². The number of hydrogen-bond acceptors (Lipinski definition) is 7. The predicted octanol–water partition coefficient (Wildman–Crippen LogP) is 0.200. The summed E-state index contributed by atoms with van der Waals surface area (Å²) in [6, 6.07) is 0. The van der Waals surface area contributed by atoms with Crippen LogP contribution >= 0.6 is 0 Å². The van der Waals surface area contributed by atoms with E-state index in [1.54, 1.807) is 0 Å². The summed E-state index contributed by atoms with van der Waals surface area (Å²) in [5.41, 5.74) is 6.39. The Morgan fingerprint density at radius 2 is 2.42 bits per heavy atom. The molecule has 1 aromatic heterocycles. The third kappa shape index (κ3) is 3.68. The van der Waals surface area contributed by atoms with Crippen LogP contribution in [0.15, 0.2) is 6.33 Å². The van der Waals surface area contributed by atoms with Gasteiger partial charge in [0.2, 0.25) is 5.88 Å². The fourth-order valence-corrected chi connectivity index (χ4v) is 1.97. The first-order chi connectivity index (χ1) is 9.20. The quantitative estimate of drug-likeness (QED) is 0.788. The summed E-state index contributed by atoms with van der Waals surface area (Å²) in [6.45, 7) is 5.71. The second-order valence-corrected chi connectivity index (χ2v) is 4.51. The molecule has 1 atom stereocenters. The molecule has 0 aliphatic carbocycles. The largest absolute Gasteiger partial charge is 0.476 e. The van der Waals surface area contributed by atoms with E-state index >= 15 is 0 Å². The fourth-order valence-electron chi connectivity index (χ4n) is 1.97. The highest BCUT2D eigenvalue weighted by Crippen LogP contribution is 2.24. The summed E-state index contributed by atoms with van der Waals surface area (Å²) < 4.78 is 11.0. The molecular formula is C12H21N5O2. The van der Waals surface area contributed by atoms with Crippen molar-refractivity contribution in [2.45, 2.75) is 13.0 Å². The summed E-state index contributed by atoms with van der Waals surface area (Å²) in [4.78, 5) is 10.4. The molecule has 1 saturated heterocycles. The van der Waals surface area contributed by atoms with Gasteiger partial charge in [-0.25, -0.2) is 4.98 Å². The van der Waals surface area contributed by atoms with E-state index in [1.165, 1.54) is 6.33 Å². The van der Waals surface area contributed by atoms with Gasteiger partial charge in [0.1, 0.15) is 12.0 Å². The third-order valence-electron chi connectivity index (χ3n) is 2.97. The molecule has 7 nitrogen and oxygen atoms in total. The van der Waals surface area contributed by atoms with Crippen LogP contribution in [-0.2, 0) is 4.74 Å². The van der Waals surface area contributed by atoms with E-state index in [1.807, 2.05) is 6.92 Å². The number of rotatable bonds is 5. The van der Waals surface area contributed by atoms with Crippen LogP contribution in [0.2, 0.25) is 0 Å². The van der Waals surface area contributed by atoms with E-state index in [-0.39, 0.29) is 6.10 Å². The summed E-state index contributed by atoms with van der Waals surface area (Å²) in [7, 11) is 2.09. The van der Waals surface area contributed by atoms with Crippen LogP contribution in [0.3, 0.4) is 0 Å². The Morgan fingerprint density at radius 3 is 3.16 bits per heavy atom. The lowest BCUT2D eigenvalue weighted by atomic mass is 10.3. The molecule has 1 aliphatic rings. The van der Waals surface area contributed by atoms with Gasteiger partial charge in [-0.05, 0) is 14.0 Å². The lowest BCUT2D eigenvalue weighted by Gasteiger charge is -2.30. The van der Waals surface area contributed by atoms with Crippen molar-refractivity contribution in [3.63, 3.8) is 0 Å². The van der Waals surface area contributed by atoms with Crippen molar-refractivity contribution >= 4 is 11.5 Å². The average Bonchev–Trinajstić information content (AvgIpc) is 2.40. The first-order valence-electron chi connectivity index (χ1n) is 6.48. The second-order valence-electron chi connectivity index (χ2n) is 4.51. The number of nitrogens with two attached hydrogens (primary N) is 1. The molecule has 7 heteroatoms. The summed E-state index contributed by atoms with van der Waals surface area (Å²) in [5.74, 6) is 1.01. The van der Waals surface area contributed by atoms with Crippen molar-refractivity contribution in [2.75, 3.05) is 50.9 Å². The van der Waals surface area contributed by atoms with Crippen LogP contribution in [0.4, 0.5) is 11.5 Å².